The van der Waals surface area contributed by atoms with E-state index >= 15 is 0 Å². The molecule has 0 aliphatic carbocycles. The molecule has 1 N–H and O–H groups in total. The zero-order valence-electron chi connectivity index (χ0n) is 16.7. The van der Waals surface area contributed by atoms with Crippen LogP contribution in [0.15, 0.2) is 35.5 Å². The molecular weight excluding hydrogens is 408 g/mol. The Morgan fingerprint density at radius 3 is 2.59 bits per heavy atom. The SMILES string of the molecule is CCn1c(SCC(=O)Nc2nc(C)c(C(=O)N(C)C)s2)nnc1-c1ccccc1. The highest BCUT2D eigenvalue weighted by molar-refractivity contribution is 7.99. The molecule has 0 bridgehead atoms. The van der Waals surface area contributed by atoms with Crippen molar-refractivity contribution in [2.75, 3.05) is 25.2 Å². The predicted molar refractivity (Wildman–Crippen MR) is 115 cm³/mol. The van der Waals surface area contributed by atoms with Crippen LogP contribution < -0.4 is 5.32 Å². The largest absolute Gasteiger partial charge is 0.344 e. The van der Waals surface area contributed by atoms with Gasteiger partial charge < -0.3 is 14.8 Å². The number of benzene rings is 1. The highest BCUT2D eigenvalue weighted by atomic mass is 32.2. The Morgan fingerprint density at radius 2 is 1.93 bits per heavy atom. The lowest BCUT2D eigenvalue weighted by Gasteiger charge is -2.08. The standard InChI is InChI=1S/C19H22N6O2S2/c1-5-25-16(13-9-7-6-8-10-13)22-23-19(25)28-11-14(26)21-18-20-12(2)15(29-18)17(27)24(3)4/h6-10H,5,11H2,1-4H3,(H,20,21,26). The minimum absolute atomic E-state index is 0.126. The number of anilines is 1. The number of nitrogens with one attached hydrogen (secondary N) is 1. The van der Waals surface area contributed by atoms with Crippen molar-refractivity contribution in [1.82, 2.24) is 24.6 Å². The van der Waals surface area contributed by atoms with Gasteiger partial charge in [-0.05, 0) is 13.8 Å². The summed E-state index contributed by atoms with van der Waals surface area (Å²) in [5.74, 6) is 0.611. The highest BCUT2D eigenvalue weighted by Crippen LogP contribution is 2.26. The summed E-state index contributed by atoms with van der Waals surface area (Å²) in [7, 11) is 3.37. The van der Waals surface area contributed by atoms with Crippen LogP contribution >= 0.6 is 23.1 Å². The third kappa shape index (κ3) is 4.83. The monoisotopic (exact) mass is 430 g/mol. The summed E-state index contributed by atoms with van der Waals surface area (Å²) in [6.45, 7) is 4.47. The molecule has 8 nitrogen and oxygen atoms in total. The normalized spacial score (nSPS) is 10.8. The molecule has 2 aromatic heterocycles. The molecule has 29 heavy (non-hydrogen) atoms. The van der Waals surface area contributed by atoms with Crippen LogP contribution in [0.2, 0.25) is 0 Å². The summed E-state index contributed by atoms with van der Waals surface area (Å²) in [5, 5.41) is 12.4. The van der Waals surface area contributed by atoms with Crippen molar-refractivity contribution in [3.8, 4) is 11.4 Å². The van der Waals surface area contributed by atoms with E-state index in [4.69, 9.17) is 0 Å². The van der Waals surface area contributed by atoms with Crippen molar-refractivity contribution >= 4 is 40.0 Å². The maximum absolute atomic E-state index is 12.4. The Hall–Kier alpha value is -2.72. The molecular formula is C19H22N6O2S2. The van der Waals surface area contributed by atoms with Gasteiger partial charge in [0.15, 0.2) is 16.1 Å². The number of thioether (sulfide) groups is 1. The number of aryl methyl sites for hydroxylation is 1. The smallest absolute Gasteiger partial charge is 0.265 e. The number of aromatic nitrogens is 4. The van der Waals surface area contributed by atoms with E-state index in [1.165, 1.54) is 28.0 Å². The summed E-state index contributed by atoms with van der Waals surface area (Å²) >= 11 is 2.49. The third-order valence-electron chi connectivity index (χ3n) is 4.04. The molecule has 1 aromatic carbocycles. The van der Waals surface area contributed by atoms with Gasteiger partial charge in [-0.3, -0.25) is 9.59 Å². The van der Waals surface area contributed by atoms with Gasteiger partial charge in [0, 0.05) is 26.2 Å². The average Bonchev–Trinajstić information content (AvgIpc) is 3.29. The van der Waals surface area contributed by atoms with E-state index in [1.54, 1.807) is 21.0 Å². The molecule has 0 unspecified atom stereocenters. The van der Waals surface area contributed by atoms with E-state index in [0.29, 0.717) is 27.4 Å². The molecule has 3 rings (SSSR count). The molecule has 2 heterocycles. The van der Waals surface area contributed by atoms with Crippen LogP contribution in [-0.4, -0.2) is 56.3 Å². The van der Waals surface area contributed by atoms with Gasteiger partial charge in [0.2, 0.25) is 5.91 Å². The molecule has 3 aromatic rings. The van der Waals surface area contributed by atoms with E-state index in [9.17, 15) is 9.59 Å². The van der Waals surface area contributed by atoms with Crippen LogP contribution in [0.5, 0.6) is 0 Å². The van der Waals surface area contributed by atoms with Gasteiger partial charge in [-0.15, -0.1) is 10.2 Å². The molecule has 0 fully saturated rings. The van der Waals surface area contributed by atoms with Crippen molar-refractivity contribution in [2.45, 2.75) is 25.5 Å². The fourth-order valence-corrected chi connectivity index (χ4v) is 4.42. The maximum Gasteiger partial charge on any atom is 0.265 e. The Bertz CT molecular complexity index is 1010. The lowest BCUT2D eigenvalue weighted by molar-refractivity contribution is -0.113. The topological polar surface area (TPSA) is 93.0 Å². The first kappa shape index (κ1) is 21.0. The second kappa shape index (κ2) is 9.19. The second-order valence-electron chi connectivity index (χ2n) is 6.39. The van der Waals surface area contributed by atoms with E-state index < -0.39 is 0 Å². The highest BCUT2D eigenvalue weighted by Gasteiger charge is 2.19. The first-order chi connectivity index (χ1) is 13.9. The van der Waals surface area contributed by atoms with Crippen LogP contribution in [0.1, 0.15) is 22.3 Å². The van der Waals surface area contributed by atoms with Crippen LogP contribution in [0.3, 0.4) is 0 Å². The first-order valence-corrected chi connectivity index (χ1v) is 10.8. The summed E-state index contributed by atoms with van der Waals surface area (Å²) in [6.07, 6.45) is 0. The Kier molecular flexibility index (Phi) is 6.65. The maximum atomic E-state index is 12.4. The minimum atomic E-state index is -0.209. The molecule has 0 atom stereocenters. The Morgan fingerprint density at radius 1 is 1.21 bits per heavy atom. The number of carbonyl (C=O) groups excluding carboxylic acids is 2. The summed E-state index contributed by atoms with van der Waals surface area (Å²) in [5.41, 5.74) is 1.59. The van der Waals surface area contributed by atoms with Crippen LogP contribution in [0.25, 0.3) is 11.4 Å². The van der Waals surface area contributed by atoms with E-state index in [1.807, 2.05) is 41.8 Å². The van der Waals surface area contributed by atoms with Gasteiger partial charge in [-0.2, -0.15) is 0 Å². The molecule has 10 heteroatoms. The number of amides is 2. The fraction of sp³-hybridized carbons (Fsp3) is 0.316. The molecule has 0 radical (unpaired) electrons. The lowest BCUT2D eigenvalue weighted by Crippen LogP contribution is -2.21. The summed E-state index contributed by atoms with van der Waals surface area (Å²) in [6, 6.07) is 9.82. The third-order valence-corrected chi connectivity index (χ3v) is 6.07. The lowest BCUT2D eigenvalue weighted by atomic mass is 10.2. The molecule has 0 saturated carbocycles. The van der Waals surface area contributed by atoms with Gasteiger partial charge in [0.1, 0.15) is 4.88 Å². The van der Waals surface area contributed by atoms with Gasteiger partial charge >= 0.3 is 0 Å². The zero-order valence-corrected chi connectivity index (χ0v) is 18.3. The molecule has 2 amide bonds. The zero-order chi connectivity index (χ0) is 21.0. The number of rotatable bonds is 7. The number of nitrogens with zero attached hydrogens (tertiary/aromatic N) is 5. The van der Waals surface area contributed by atoms with Crippen molar-refractivity contribution in [1.29, 1.82) is 0 Å². The minimum Gasteiger partial charge on any atom is -0.344 e. The van der Waals surface area contributed by atoms with Crippen molar-refractivity contribution in [3.63, 3.8) is 0 Å². The van der Waals surface area contributed by atoms with E-state index in [0.717, 1.165) is 11.4 Å². The number of hydrogen-bond donors (Lipinski definition) is 1. The fourth-order valence-electron chi connectivity index (χ4n) is 2.62. The first-order valence-electron chi connectivity index (χ1n) is 9.01. The van der Waals surface area contributed by atoms with E-state index in [2.05, 4.69) is 20.5 Å². The number of thiazole rings is 1. The molecule has 152 valence electrons. The molecule has 0 saturated heterocycles. The summed E-state index contributed by atoms with van der Waals surface area (Å²) in [4.78, 5) is 30.8. The summed E-state index contributed by atoms with van der Waals surface area (Å²) < 4.78 is 1.98. The average molecular weight is 431 g/mol. The predicted octanol–water partition coefficient (Wildman–Crippen LogP) is 3.16. The van der Waals surface area contributed by atoms with Crippen molar-refractivity contribution < 1.29 is 9.59 Å². The molecule has 0 aliphatic heterocycles. The van der Waals surface area contributed by atoms with Gasteiger partial charge in [-0.25, -0.2) is 4.98 Å². The van der Waals surface area contributed by atoms with Gasteiger partial charge in [0.25, 0.3) is 5.91 Å². The molecule has 0 aliphatic rings. The van der Waals surface area contributed by atoms with E-state index in [-0.39, 0.29) is 17.6 Å². The van der Waals surface area contributed by atoms with Gasteiger partial charge in [-0.1, -0.05) is 53.4 Å². The number of hydrogen-bond acceptors (Lipinski definition) is 7. The Balaban J connectivity index is 1.65. The number of carbonyl (C=O) groups is 2. The van der Waals surface area contributed by atoms with Gasteiger partial charge in [0.05, 0.1) is 11.4 Å². The Labute approximate surface area is 177 Å². The quantitative estimate of drug-likeness (QED) is 0.579. The van der Waals surface area contributed by atoms with Crippen molar-refractivity contribution in [2.24, 2.45) is 0 Å². The van der Waals surface area contributed by atoms with Crippen LogP contribution in [0, 0.1) is 6.92 Å². The second-order valence-corrected chi connectivity index (χ2v) is 8.33. The molecule has 0 spiro atoms. The van der Waals surface area contributed by atoms with Crippen LogP contribution in [0.4, 0.5) is 5.13 Å². The van der Waals surface area contributed by atoms with Crippen LogP contribution in [-0.2, 0) is 11.3 Å². The van der Waals surface area contributed by atoms with Crippen molar-refractivity contribution in [3.05, 3.63) is 40.9 Å².